The van der Waals surface area contributed by atoms with Crippen molar-refractivity contribution < 1.29 is 4.74 Å². The minimum atomic E-state index is 0.474. The van der Waals surface area contributed by atoms with Gasteiger partial charge in [-0.25, -0.2) is 0 Å². The highest BCUT2D eigenvalue weighted by Gasteiger charge is 2.08. The summed E-state index contributed by atoms with van der Waals surface area (Å²) in [4.78, 5) is 0. The molecule has 1 atom stereocenters. The van der Waals surface area contributed by atoms with Crippen molar-refractivity contribution in [2.45, 2.75) is 33.1 Å². The number of hydrogen-bond donors (Lipinski definition) is 0. The first-order chi connectivity index (χ1) is 9.11. The van der Waals surface area contributed by atoms with Crippen LogP contribution in [0.4, 0.5) is 0 Å². The molecule has 19 heavy (non-hydrogen) atoms. The van der Waals surface area contributed by atoms with E-state index in [1.807, 2.05) is 12.1 Å². The van der Waals surface area contributed by atoms with Gasteiger partial charge in [-0.1, -0.05) is 37.6 Å². The van der Waals surface area contributed by atoms with Crippen LogP contribution in [0.2, 0.25) is 5.02 Å². The van der Waals surface area contributed by atoms with E-state index in [9.17, 15) is 0 Å². The Labute approximate surface area is 127 Å². The van der Waals surface area contributed by atoms with Crippen LogP contribution >= 0.6 is 23.2 Å². The van der Waals surface area contributed by atoms with Crippen molar-refractivity contribution in [3.8, 4) is 0 Å². The molecule has 0 radical (unpaired) electrons. The fourth-order valence-electron chi connectivity index (χ4n) is 1.86. The summed E-state index contributed by atoms with van der Waals surface area (Å²) in [7, 11) is 0. The summed E-state index contributed by atoms with van der Waals surface area (Å²) >= 11 is 11.9. The third-order valence-corrected chi connectivity index (χ3v) is 3.85. The molecule has 1 unspecified atom stereocenters. The summed E-state index contributed by atoms with van der Waals surface area (Å²) in [5.41, 5.74) is 1.29. The van der Waals surface area contributed by atoms with Crippen LogP contribution in [0.1, 0.15) is 32.3 Å². The SMILES string of the molecule is CC(C)CCOCCC(CCl)Cc1ccc(Cl)cc1. The molecule has 0 spiro atoms. The van der Waals surface area contributed by atoms with Crippen molar-refractivity contribution >= 4 is 23.2 Å². The number of alkyl halides is 1. The molecule has 0 amide bonds. The average Bonchev–Trinajstić information content (AvgIpc) is 2.39. The molecule has 1 aromatic rings. The zero-order valence-corrected chi connectivity index (χ0v) is 13.4. The van der Waals surface area contributed by atoms with E-state index in [2.05, 4.69) is 26.0 Å². The number of benzene rings is 1. The van der Waals surface area contributed by atoms with Crippen LogP contribution < -0.4 is 0 Å². The van der Waals surface area contributed by atoms with Gasteiger partial charge in [-0.2, -0.15) is 0 Å². The van der Waals surface area contributed by atoms with Gasteiger partial charge >= 0.3 is 0 Å². The van der Waals surface area contributed by atoms with E-state index >= 15 is 0 Å². The van der Waals surface area contributed by atoms with Crippen LogP contribution in [0.5, 0.6) is 0 Å². The molecule has 1 rings (SSSR count). The van der Waals surface area contributed by atoms with Crippen molar-refractivity contribution in [2.75, 3.05) is 19.1 Å². The maximum Gasteiger partial charge on any atom is 0.0469 e. The highest BCUT2D eigenvalue weighted by Crippen LogP contribution is 2.17. The van der Waals surface area contributed by atoms with Crippen LogP contribution in [0.15, 0.2) is 24.3 Å². The predicted molar refractivity (Wildman–Crippen MR) is 84.3 cm³/mol. The first-order valence-corrected chi connectivity index (χ1v) is 7.91. The lowest BCUT2D eigenvalue weighted by molar-refractivity contribution is 0.112. The molecule has 108 valence electrons. The van der Waals surface area contributed by atoms with Gasteiger partial charge in [0.25, 0.3) is 0 Å². The molecule has 1 aromatic carbocycles. The fourth-order valence-corrected chi connectivity index (χ4v) is 2.25. The second kappa shape index (κ2) is 9.63. The summed E-state index contributed by atoms with van der Waals surface area (Å²) in [6.45, 7) is 6.09. The molecule has 1 nitrogen and oxygen atoms in total. The van der Waals surface area contributed by atoms with Crippen molar-refractivity contribution in [1.29, 1.82) is 0 Å². The molecule has 0 bridgehead atoms. The van der Waals surface area contributed by atoms with E-state index in [0.29, 0.717) is 17.7 Å². The molecule has 0 aliphatic heterocycles. The Morgan fingerprint density at radius 3 is 2.26 bits per heavy atom. The molecular weight excluding hydrogens is 279 g/mol. The monoisotopic (exact) mass is 302 g/mol. The van der Waals surface area contributed by atoms with Crippen LogP contribution in [0.3, 0.4) is 0 Å². The van der Waals surface area contributed by atoms with Crippen LogP contribution in [-0.4, -0.2) is 19.1 Å². The first-order valence-electron chi connectivity index (χ1n) is 7.00. The summed E-state index contributed by atoms with van der Waals surface area (Å²) in [5.74, 6) is 1.86. The van der Waals surface area contributed by atoms with Gasteiger partial charge in [-0.05, 0) is 48.8 Å². The molecule has 3 heteroatoms. The lowest BCUT2D eigenvalue weighted by Gasteiger charge is -2.14. The van der Waals surface area contributed by atoms with Crippen LogP contribution in [0.25, 0.3) is 0 Å². The largest absolute Gasteiger partial charge is 0.381 e. The molecule has 0 aliphatic rings. The summed E-state index contributed by atoms with van der Waals surface area (Å²) in [6, 6.07) is 8.01. The smallest absolute Gasteiger partial charge is 0.0469 e. The van der Waals surface area contributed by atoms with Gasteiger partial charge in [0, 0.05) is 24.1 Å². The number of rotatable bonds is 9. The standard InChI is InChI=1S/C16H24Cl2O/c1-13(2)7-9-19-10-8-15(12-17)11-14-3-5-16(18)6-4-14/h3-6,13,15H,7-12H2,1-2H3. The minimum Gasteiger partial charge on any atom is -0.381 e. The molecule has 0 fully saturated rings. The Morgan fingerprint density at radius 1 is 1.05 bits per heavy atom. The van der Waals surface area contributed by atoms with Crippen LogP contribution in [0, 0.1) is 11.8 Å². The molecule has 0 aromatic heterocycles. The second-order valence-corrected chi connectivity index (χ2v) is 6.18. The van der Waals surface area contributed by atoms with Crippen molar-refractivity contribution in [3.05, 3.63) is 34.9 Å². The normalized spacial score (nSPS) is 12.9. The van der Waals surface area contributed by atoms with Gasteiger partial charge in [0.1, 0.15) is 0 Å². The zero-order chi connectivity index (χ0) is 14.1. The molecule has 0 heterocycles. The van der Waals surface area contributed by atoms with E-state index in [-0.39, 0.29) is 0 Å². The number of halogens is 2. The lowest BCUT2D eigenvalue weighted by Crippen LogP contribution is -2.11. The Morgan fingerprint density at radius 2 is 1.68 bits per heavy atom. The van der Waals surface area contributed by atoms with Gasteiger partial charge in [0.05, 0.1) is 0 Å². The van der Waals surface area contributed by atoms with E-state index < -0.39 is 0 Å². The molecule has 0 aliphatic carbocycles. The molecule has 0 saturated heterocycles. The van der Waals surface area contributed by atoms with Gasteiger partial charge in [0.2, 0.25) is 0 Å². The first kappa shape index (κ1) is 16.8. The average molecular weight is 303 g/mol. The topological polar surface area (TPSA) is 9.23 Å². The van der Waals surface area contributed by atoms with Crippen molar-refractivity contribution in [1.82, 2.24) is 0 Å². The summed E-state index contributed by atoms with van der Waals surface area (Å²) in [5, 5.41) is 0.781. The fraction of sp³-hybridized carbons (Fsp3) is 0.625. The third kappa shape index (κ3) is 7.81. The minimum absolute atomic E-state index is 0.474. The highest BCUT2D eigenvalue weighted by atomic mass is 35.5. The van der Waals surface area contributed by atoms with Crippen LogP contribution in [-0.2, 0) is 11.2 Å². The van der Waals surface area contributed by atoms with E-state index in [4.69, 9.17) is 27.9 Å². The highest BCUT2D eigenvalue weighted by molar-refractivity contribution is 6.30. The summed E-state index contributed by atoms with van der Waals surface area (Å²) in [6.07, 6.45) is 3.14. The van der Waals surface area contributed by atoms with Gasteiger partial charge in [-0.3, -0.25) is 0 Å². The van der Waals surface area contributed by atoms with Gasteiger partial charge in [-0.15, -0.1) is 11.6 Å². The lowest BCUT2D eigenvalue weighted by atomic mass is 9.98. The van der Waals surface area contributed by atoms with E-state index in [1.165, 1.54) is 5.56 Å². The van der Waals surface area contributed by atoms with E-state index in [0.717, 1.165) is 37.5 Å². The van der Waals surface area contributed by atoms with Crippen molar-refractivity contribution in [2.24, 2.45) is 11.8 Å². The Bertz CT molecular complexity index is 335. The van der Waals surface area contributed by atoms with Crippen molar-refractivity contribution in [3.63, 3.8) is 0 Å². The maximum atomic E-state index is 6.03. The number of ether oxygens (including phenoxy) is 1. The van der Waals surface area contributed by atoms with Gasteiger partial charge < -0.3 is 4.74 Å². The molecule has 0 saturated carbocycles. The zero-order valence-electron chi connectivity index (χ0n) is 11.9. The maximum absolute atomic E-state index is 6.03. The Kier molecular flexibility index (Phi) is 8.52. The molecular formula is C16H24Cl2O. The summed E-state index contributed by atoms with van der Waals surface area (Å²) < 4.78 is 5.65. The predicted octanol–water partition coefficient (Wildman–Crippen LogP) is 5.19. The Hall–Kier alpha value is -0.240. The second-order valence-electron chi connectivity index (χ2n) is 5.43. The van der Waals surface area contributed by atoms with Gasteiger partial charge in [0.15, 0.2) is 0 Å². The third-order valence-electron chi connectivity index (χ3n) is 3.17. The Balaban J connectivity index is 2.24. The number of hydrogen-bond acceptors (Lipinski definition) is 1. The quantitative estimate of drug-likeness (QED) is 0.450. The van der Waals surface area contributed by atoms with E-state index in [1.54, 1.807) is 0 Å². The molecule has 0 N–H and O–H groups in total.